The van der Waals surface area contributed by atoms with Crippen LogP contribution in [0.15, 0.2) is 48.5 Å². The van der Waals surface area contributed by atoms with E-state index in [1.165, 1.54) is 19.1 Å². The molecule has 0 atom stereocenters. The summed E-state index contributed by atoms with van der Waals surface area (Å²) in [6.45, 7) is 1.68. The number of carbonyl (C=O) groups excluding carboxylic acids is 2. The smallest absolute Gasteiger partial charge is 0.385 e. The van der Waals surface area contributed by atoms with Crippen molar-refractivity contribution in [2.45, 2.75) is 19.5 Å². The number of amides is 2. The minimum atomic E-state index is -4.37. The summed E-state index contributed by atoms with van der Waals surface area (Å²) < 4.78 is 37.4. The molecule has 138 valence electrons. The minimum absolute atomic E-state index is 0.147. The van der Waals surface area contributed by atoms with Gasteiger partial charge in [0, 0.05) is 37.0 Å². The molecule has 2 aromatic rings. The molecule has 2 aromatic carbocycles. The molecule has 0 heterocycles. The topological polar surface area (TPSA) is 70.2 Å². The van der Waals surface area contributed by atoms with Crippen molar-refractivity contribution < 1.29 is 22.8 Å². The van der Waals surface area contributed by atoms with Crippen molar-refractivity contribution in [1.29, 1.82) is 0 Å². The summed E-state index contributed by atoms with van der Waals surface area (Å²) >= 11 is 0. The van der Waals surface area contributed by atoms with Crippen molar-refractivity contribution in [2.75, 3.05) is 22.5 Å². The van der Waals surface area contributed by atoms with Gasteiger partial charge in [0.1, 0.15) is 0 Å². The number of anilines is 3. The molecule has 0 radical (unpaired) electrons. The van der Waals surface area contributed by atoms with E-state index in [1.807, 2.05) is 0 Å². The van der Waals surface area contributed by atoms with Crippen LogP contribution in [0.25, 0.3) is 0 Å². The zero-order chi connectivity index (χ0) is 19.2. The average molecular weight is 365 g/mol. The quantitative estimate of drug-likeness (QED) is 0.722. The molecule has 0 bridgehead atoms. The third kappa shape index (κ3) is 6.12. The molecule has 5 nitrogen and oxygen atoms in total. The van der Waals surface area contributed by atoms with Gasteiger partial charge >= 0.3 is 6.18 Å². The zero-order valence-electron chi connectivity index (χ0n) is 14.0. The SMILES string of the molecule is CC(=O)Nc1ccc(NC(=O)CCNc2ccc(C(F)(F)F)cc2)cc1. The number of rotatable bonds is 6. The lowest BCUT2D eigenvalue weighted by Gasteiger charge is -2.10. The highest BCUT2D eigenvalue weighted by atomic mass is 19.4. The first-order chi connectivity index (χ1) is 12.2. The van der Waals surface area contributed by atoms with Crippen molar-refractivity contribution in [1.82, 2.24) is 0 Å². The standard InChI is InChI=1S/C18H18F3N3O2/c1-12(25)23-15-6-8-16(9-7-15)24-17(26)10-11-22-14-4-2-13(3-5-14)18(19,20)21/h2-9,22H,10-11H2,1H3,(H,23,25)(H,24,26). The molecule has 0 aliphatic heterocycles. The Morgan fingerprint density at radius 3 is 1.85 bits per heavy atom. The molecule has 0 aliphatic rings. The van der Waals surface area contributed by atoms with E-state index >= 15 is 0 Å². The molecule has 3 N–H and O–H groups in total. The molecule has 0 aromatic heterocycles. The van der Waals surface area contributed by atoms with E-state index in [9.17, 15) is 22.8 Å². The fraction of sp³-hybridized carbons (Fsp3) is 0.222. The Balaban J connectivity index is 1.77. The van der Waals surface area contributed by atoms with E-state index in [0.29, 0.717) is 17.1 Å². The molecule has 0 aliphatic carbocycles. The summed E-state index contributed by atoms with van der Waals surface area (Å²) in [6, 6.07) is 11.3. The highest BCUT2D eigenvalue weighted by molar-refractivity contribution is 5.92. The maximum Gasteiger partial charge on any atom is 0.416 e. The molecule has 0 saturated carbocycles. The summed E-state index contributed by atoms with van der Waals surface area (Å²) in [6.07, 6.45) is -4.22. The molecule has 26 heavy (non-hydrogen) atoms. The maximum absolute atomic E-state index is 12.5. The van der Waals surface area contributed by atoms with Gasteiger partial charge in [-0.05, 0) is 48.5 Å². The number of nitrogens with one attached hydrogen (secondary N) is 3. The molecule has 0 saturated heterocycles. The molecule has 8 heteroatoms. The first kappa shape index (κ1) is 19.3. The minimum Gasteiger partial charge on any atom is -0.385 e. The number of halogens is 3. The van der Waals surface area contributed by atoms with Crippen LogP contribution in [0.2, 0.25) is 0 Å². The Kier molecular flexibility index (Phi) is 6.21. The van der Waals surface area contributed by atoms with Crippen LogP contribution in [0, 0.1) is 0 Å². The van der Waals surface area contributed by atoms with Crippen molar-refractivity contribution >= 4 is 28.9 Å². The Labute approximate surface area is 148 Å². The Hall–Kier alpha value is -3.03. The maximum atomic E-state index is 12.5. The van der Waals surface area contributed by atoms with Gasteiger partial charge in [-0.1, -0.05) is 0 Å². The van der Waals surface area contributed by atoms with Crippen LogP contribution in [0.1, 0.15) is 18.9 Å². The highest BCUT2D eigenvalue weighted by Crippen LogP contribution is 2.29. The van der Waals surface area contributed by atoms with E-state index in [0.717, 1.165) is 12.1 Å². The van der Waals surface area contributed by atoms with Gasteiger partial charge in [0.25, 0.3) is 0 Å². The van der Waals surface area contributed by atoms with E-state index in [-0.39, 0.29) is 24.8 Å². The Morgan fingerprint density at radius 1 is 0.846 bits per heavy atom. The normalized spacial score (nSPS) is 10.9. The number of hydrogen-bond acceptors (Lipinski definition) is 3. The van der Waals surface area contributed by atoms with Gasteiger partial charge in [0.15, 0.2) is 0 Å². The van der Waals surface area contributed by atoms with Gasteiger partial charge < -0.3 is 16.0 Å². The van der Waals surface area contributed by atoms with Crippen LogP contribution < -0.4 is 16.0 Å². The zero-order valence-corrected chi connectivity index (χ0v) is 14.0. The third-order valence-electron chi connectivity index (χ3n) is 3.38. The van der Waals surface area contributed by atoms with Gasteiger partial charge in [-0.25, -0.2) is 0 Å². The largest absolute Gasteiger partial charge is 0.416 e. The second-order valence-corrected chi connectivity index (χ2v) is 5.56. The average Bonchev–Trinajstić information content (AvgIpc) is 2.56. The predicted octanol–water partition coefficient (Wildman–Crippen LogP) is 4.10. The summed E-state index contributed by atoms with van der Waals surface area (Å²) in [5, 5.41) is 8.21. The lowest BCUT2D eigenvalue weighted by Crippen LogP contribution is -2.16. The number of carbonyl (C=O) groups is 2. The van der Waals surface area contributed by atoms with Crippen molar-refractivity contribution in [3.63, 3.8) is 0 Å². The summed E-state index contributed by atoms with van der Waals surface area (Å²) in [5.74, 6) is -0.423. The fourth-order valence-electron chi connectivity index (χ4n) is 2.16. The van der Waals surface area contributed by atoms with Crippen molar-refractivity contribution in [2.24, 2.45) is 0 Å². The molecule has 0 unspecified atom stereocenters. The second-order valence-electron chi connectivity index (χ2n) is 5.56. The lowest BCUT2D eigenvalue weighted by atomic mass is 10.2. The Bertz CT molecular complexity index is 757. The van der Waals surface area contributed by atoms with Crippen LogP contribution in [0.3, 0.4) is 0 Å². The Morgan fingerprint density at radius 2 is 1.35 bits per heavy atom. The van der Waals surface area contributed by atoms with Gasteiger partial charge in [0.2, 0.25) is 11.8 Å². The van der Waals surface area contributed by atoms with Gasteiger partial charge in [-0.2, -0.15) is 13.2 Å². The molecular weight excluding hydrogens is 347 g/mol. The van der Waals surface area contributed by atoms with E-state index in [1.54, 1.807) is 24.3 Å². The molecular formula is C18H18F3N3O2. The van der Waals surface area contributed by atoms with Crippen molar-refractivity contribution in [3.05, 3.63) is 54.1 Å². The molecule has 0 fully saturated rings. The van der Waals surface area contributed by atoms with E-state index in [4.69, 9.17) is 0 Å². The molecule has 0 spiro atoms. The second kappa shape index (κ2) is 8.37. The van der Waals surface area contributed by atoms with Crippen LogP contribution >= 0.6 is 0 Å². The lowest BCUT2D eigenvalue weighted by molar-refractivity contribution is -0.137. The monoisotopic (exact) mass is 365 g/mol. The summed E-state index contributed by atoms with van der Waals surface area (Å²) in [4.78, 5) is 22.8. The van der Waals surface area contributed by atoms with Crippen LogP contribution in [-0.4, -0.2) is 18.4 Å². The van der Waals surface area contributed by atoms with Crippen LogP contribution in [-0.2, 0) is 15.8 Å². The van der Waals surface area contributed by atoms with Crippen molar-refractivity contribution in [3.8, 4) is 0 Å². The van der Waals surface area contributed by atoms with E-state index in [2.05, 4.69) is 16.0 Å². The fourth-order valence-corrected chi connectivity index (χ4v) is 2.16. The van der Waals surface area contributed by atoms with E-state index < -0.39 is 11.7 Å². The molecule has 2 amide bonds. The first-order valence-corrected chi connectivity index (χ1v) is 7.83. The summed E-state index contributed by atoms with van der Waals surface area (Å²) in [5.41, 5.74) is 0.993. The van der Waals surface area contributed by atoms with Gasteiger partial charge in [-0.15, -0.1) is 0 Å². The third-order valence-corrected chi connectivity index (χ3v) is 3.38. The van der Waals surface area contributed by atoms with Gasteiger partial charge in [0.05, 0.1) is 5.56 Å². The number of hydrogen-bond donors (Lipinski definition) is 3. The first-order valence-electron chi connectivity index (χ1n) is 7.83. The summed E-state index contributed by atoms with van der Waals surface area (Å²) in [7, 11) is 0. The predicted molar refractivity (Wildman–Crippen MR) is 93.9 cm³/mol. The van der Waals surface area contributed by atoms with Crippen LogP contribution in [0.4, 0.5) is 30.2 Å². The highest BCUT2D eigenvalue weighted by Gasteiger charge is 2.29. The number of alkyl halides is 3. The number of benzene rings is 2. The van der Waals surface area contributed by atoms with Gasteiger partial charge in [-0.3, -0.25) is 9.59 Å². The molecule has 2 rings (SSSR count). The van der Waals surface area contributed by atoms with Crippen LogP contribution in [0.5, 0.6) is 0 Å².